The Kier molecular flexibility index (Phi) is 6.75. The van der Waals surface area contributed by atoms with Crippen LogP contribution in [-0.4, -0.2) is 31.1 Å². The van der Waals surface area contributed by atoms with E-state index >= 15 is 0 Å². The molecule has 0 atom stereocenters. The number of nitrogens with one attached hydrogen (secondary N) is 1. The molecule has 0 radical (unpaired) electrons. The van der Waals surface area contributed by atoms with Crippen LogP contribution in [0.1, 0.15) is 18.4 Å². The summed E-state index contributed by atoms with van der Waals surface area (Å²) < 4.78 is 0. The molecule has 2 rings (SSSR count). The van der Waals surface area contributed by atoms with Crippen molar-refractivity contribution in [3.63, 3.8) is 0 Å². The van der Waals surface area contributed by atoms with Gasteiger partial charge in [-0.3, -0.25) is 4.90 Å². The lowest BCUT2D eigenvalue weighted by atomic mass is 10.0. The molecule has 1 aliphatic heterocycles. The molecule has 1 heterocycles. The smallest absolute Gasteiger partial charge is 0.0452 e. The van der Waals surface area contributed by atoms with Crippen molar-refractivity contribution in [2.75, 3.05) is 20.1 Å². The zero-order valence-electron chi connectivity index (χ0n) is 10.5. The normalized spacial score (nSPS) is 17.5. The second-order valence-electron chi connectivity index (χ2n) is 4.57. The molecule has 5 heteroatoms. The Morgan fingerprint density at radius 2 is 1.94 bits per heavy atom. The quantitative estimate of drug-likeness (QED) is 0.918. The molecule has 102 valence electrons. The van der Waals surface area contributed by atoms with E-state index in [2.05, 4.69) is 10.2 Å². The van der Waals surface area contributed by atoms with Crippen molar-refractivity contribution in [2.24, 2.45) is 0 Å². The van der Waals surface area contributed by atoms with E-state index in [0.717, 1.165) is 35.2 Å². The molecule has 18 heavy (non-hydrogen) atoms. The summed E-state index contributed by atoms with van der Waals surface area (Å²) in [6.07, 6.45) is 2.41. The van der Waals surface area contributed by atoms with E-state index < -0.39 is 0 Å². The molecule has 1 saturated heterocycles. The largest absolute Gasteiger partial charge is 0.317 e. The fourth-order valence-electron chi connectivity index (χ4n) is 2.29. The van der Waals surface area contributed by atoms with Gasteiger partial charge in [-0.15, -0.1) is 12.4 Å². The number of rotatable bonds is 3. The number of hydrogen-bond acceptors (Lipinski definition) is 2. The van der Waals surface area contributed by atoms with Crippen molar-refractivity contribution in [1.29, 1.82) is 0 Å². The molecule has 0 aromatic heterocycles. The standard InChI is InChI=1S/C13H18Cl2N2.ClH/c1-16-12-4-6-17(7-5-12)9-10-8-11(14)2-3-13(10)15;/h2-3,8,12,16H,4-7,9H2,1H3;1H. The van der Waals surface area contributed by atoms with Crippen LogP contribution >= 0.6 is 35.6 Å². The number of nitrogens with zero attached hydrogens (tertiary/aromatic N) is 1. The van der Waals surface area contributed by atoms with Crippen LogP contribution in [0.5, 0.6) is 0 Å². The molecule has 0 aliphatic carbocycles. The summed E-state index contributed by atoms with van der Waals surface area (Å²) >= 11 is 12.2. The first kappa shape index (κ1) is 16.1. The third-order valence-electron chi connectivity index (χ3n) is 3.40. The number of likely N-dealkylation sites (tertiary alicyclic amines) is 1. The first-order valence-corrected chi connectivity index (χ1v) is 6.78. The molecule has 0 saturated carbocycles. The van der Waals surface area contributed by atoms with Gasteiger partial charge in [-0.2, -0.15) is 0 Å². The van der Waals surface area contributed by atoms with Crippen LogP contribution < -0.4 is 5.32 Å². The summed E-state index contributed by atoms with van der Waals surface area (Å²) in [6, 6.07) is 6.34. The van der Waals surface area contributed by atoms with Crippen LogP contribution in [0.25, 0.3) is 0 Å². The number of piperidine rings is 1. The zero-order valence-corrected chi connectivity index (χ0v) is 12.8. The topological polar surface area (TPSA) is 15.3 Å². The highest BCUT2D eigenvalue weighted by Gasteiger charge is 2.18. The van der Waals surface area contributed by atoms with Gasteiger partial charge >= 0.3 is 0 Å². The second kappa shape index (κ2) is 7.56. The van der Waals surface area contributed by atoms with Crippen molar-refractivity contribution in [2.45, 2.75) is 25.4 Å². The van der Waals surface area contributed by atoms with E-state index in [4.69, 9.17) is 23.2 Å². The molecule has 1 aliphatic rings. The monoisotopic (exact) mass is 308 g/mol. The summed E-state index contributed by atoms with van der Waals surface area (Å²) in [7, 11) is 2.04. The lowest BCUT2D eigenvalue weighted by molar-refractivity contribution is 0.194. The summed E-state index contributed by atoms with van der Waals surface area (Å²) in [6.45, 7) is 3.14. The van der Waals surface area contributed by atoms with E-state index in [1.54, 1.807) is 0 Å². The van der Waals surface area contributed by atoms with E-state index in [0.29, 0.717) is 6.04 Å². The molecule has 2 nitrogen and oxygen atoms in total. The molecular formula is C13H19Cl3N2. The van der Waals surface area contributed by atoms with Gasteiger partial charge in [0, 0.05) is 22.6 Å². The van der Waals surface area contributed by atoms with Gasteiger partial charge in [0.1, 0.15) is 0 Å². The van der Waals surface area contributed by atoms with Crippen LogP contribution in [0.3, 0.4) is 0 Å². The van der Waals surface area contributed by atoms with Gasteiger partial charge in [0.05, 0.1) is 0 Å². The predicted molar refractivity (Wildman–Crippen MR) is 81.1 cm³/mol. The minimum absolute atomic E-state index is 0. The molecule has 1 N–H and O–H groups in total. The van der Waals surface area contributed by atoms with Gasteiger partial charge in [-0.1, -0.05) is 23.2 Å². The van der Waals surface area contributed by atoms with Crippen LogP contribution in [0.4, 0.5) is 0 Å². The van der Waals surface area contributed by atoms with Crippen LogP contribution in [0.15, 0.2) is 18.2 Å². The molecule has 1 aromatic carbocycles. The summed E-state index contributed by atoms with van der Waals surface area (Å²) in [5, 5.41) is 4.90. The lowest BCUT2D eigenvalue weighted by Gasteiger charge is -2.31. The molecule has 0 bridgehead atoms. The number of hydrogen-bond donors (Lipinski definition) is 1. The van der Waals surface area contributed by atoms with Crippen molar-refractivity contribution in [3.05, 3.63) is 33.8 Å². The Morgan fingerprint density at radius 1 is 1.28 bits per heavy atom. The van der Waals surface area contributed by atoms with E-state index in [-0.39, 0.29) is 12.4 Å². The Balaban J connectivity index is 0.00000162. The van der Waals surface area contributed by atoms with Crippen molar-refractivity contribution < 1.29 is 0 Å². The molecule has 1 aromatic rings. The van der Waals surface area contributed by atoms with Crippen molar-refractivity contribution in [3.8, 4) is 0 Å². The Labute approximate surface area is 125 Å². The van der Waals surface area contributed by atoms with Crippen molar-refractivity contribution >= 4 is 35.6 Å². The van der Waals surface area contributed by atoms with Crippen LogP contribution in [0.2, 0.25) is 10.0 Å². The number of benzene rings is 1. The molecule has 1 fully saturated rings. The molecule has 0 amide bonds. The first-order valence-electron chi connectivity index (χ1n) is 6.02. The SMILES string of the molecule is CNC1CCN(Cc2cc(Cl)ccc2Cl)CC1.Cl. The van der Waals surface area contributed by atoms with Gasteiger partial charge in [0.25, 0.3) is 0 Å². The zero-order chi connectivity index (χ0) is 12.3. The fourth-order valence-corrected chi connectivity index (χ4v) is 2.66. The van der Waals surface area contributed by atoms with Gasteiger partial charge in [-0.25, -0.2) is 0 Å². The van der Waals surface area contributed by atoms with E-state index in [9.17, 15) is 0 Å². The highest BCUT2D eigenvalue weighted by Crippen LogP contribution is 2.23. The Bertz CT molecular complexity index is 376. The maximum atomic E-state index is 6.17. The van der Waals surface area contributed by atoms with Gasteiger partial charge in [0.15, 0.2) is 0 Å². The fraction of sp³-hybridized carbons (Fsp3) is 0.538. The minimum Gasteiger partial charge on any atom is -0.317 e. The molecular weight excluding hydrogens is 291 g/mol. The summed E-state index contributed by atoms with van der Waals surface area (Å²) in [4.78, 5) is 2.44. The minimum atomic E-state index is 0. The van der Waals surface area contributed by atoms with E-state index in [1.807, 2.05) is 25.2 Å². The second-order valence-corrected chi connectivity index (χ2v) is 5.42. The number of halogens is 3. The van der Waals surface area contributed by atoms with E-state index in [1.165, 1.54) is 12.8 Å². The lowest BCUT2D eigenvalue weighted by Crippen LogP contribution is -2.40. The van der Waals surface area contributed by atoms with Crippen LogP contribution in [-0.2, 0) is 6.54 Å². The third kappa shape index (κ3) is 4.29. The highest BCUT2D eigenvalue weighted by atomic mass is 35.5. The predicted octanol–water partition coefficient (Wildman–Crippen LogP) is 3.60. The summed E-state index contributed by atoms with van der Waals surface area (Å²) in [5.74, 6) is 0. The van der Waals surface area contributed by atoms with Crippen molar-refractivity contribution in [1.82, 2.24) is 10.2 Å². The van der Waals surface area contributed by atoms with Gasteiger partial charge < -0.3 is 5.32 Å². The molecule has 0 spiro atoms. The van der Waals surface area contributed by atoms with Gasteiger partial charge in [0.2, 0.25) is 0 Å². The van der Waals surface area contributed by atoms with Crippen LogP contribution in [0, 0.1) is 0 Å². The summed E-state index contributed by atoms with van der Waals surface area (Å²) in [5.41, 5.74) is 1.13. The highest BCUT2D eigenvalue weighted by molar-refractivity contribution is 6.33. The molecule has 0 unspecified atom stereocenters. The first-order chi connectivity index (χ1) is 8.19. The average molecular weight is 310 g/mol. The van der Waals surface area contributed by atoms with Gasteiger partial charge in [-0.05, 0) is 56.7 Å². The maximum absolute atomic E-state index is 6.17. The average Bonchev–Trinajstić information content (AvgIpc) is 2.35. The maximum Gasteiger partial charge on any atom is 0.0452 e. The third-order valence-corrected chi connectivity index (χ3v) is 4.00. The Morgan fingerprint density at radius 3 is 2.56 bits per heavy atom. The Hall–Kier alpha value is 0.01000.